The van der Waals surface area contributed by atoms with Crippen molar-refractivity contribution in [3.63, 3.8) is 0 Å². The SMILES string of the molecule is COc1c(Cl)cc(Br)cc1CC(N)C(=O)O. The first-order chi connectivity index (χ1) is 7.45. The second kappa shape index (κ2) is 5.52. The molecule has 0 saturated heterocycles. The molecule has 1 aromatic carbocycles. The number of carboxylic acids is 1. The molecule has 6 heteroatoms. The van der Waals surface area contributed by atoms with E-state index in [-0.39, 0.29) is 6.42 Å². The van der Waals surface area contributed by atoms with E-state index in [1.54, 1.807) is 12.1 Å². The van der Waals surface area contributed by atoms with Crippen molar-refractivity contribution >= 4 is 33.5 Å². The summed E-state index contributed by atoms with van der Waals surface area (Å²) in [5.41, 5.74) is 6.12. The van der Waals surface area contributed by atoms with Crippen LogP contribution < -0.4 is 10.5 Å². The van der Waals surface area contributed by atoms with Crippen LogP contribution in [-0.2, 0) is 11.2 Å². The van der Waals surface area contributed by atoms with Crippen LogP contribution in [0.25, 0.3) is 0 Å². The highest BCUT2D eigenvalue weighted by molar-refractivity contribution is 9.10. The number of carboxylic acid groups (broad SMARTS) is 1. The molecule has 0 fully saturated rings. The normalized spacial score (nSPS) is 12.2. The molecule has 1 rings (SSSR count). The number of hydrogen-bond donors (Lipinski definition) is 2. The van der Waals surface area contributed by atoms with Crippen molar-refractivity contribution in [3.8, 4) is 5.75 Å². The number of benzene rings is 1. The number of hydrogen-bond acceptors (Lipinski definition) is 3. The van der Waals surface area contributed by atoms with Crippen LogP contribution in [0.5, 0.6) is 5.75 Å². The molecule has 0 aliphatic rings. The Hall–Kier alpha value is -0.780. The highest BCUT2D eigenvalue weighted by Gasteiger charge is 2.17. The van der Waals surface area contributed by atoms with Crippen LogP contribution in [0.2, 0.25) is 5.02 Å². The summed E-state index contributed by atoms with van der Waals surface area (Å²) in [6.45, 7) is 0. The van der Waals surface area contributed by atoms with Gasteiger partial charge in [0.2, 0.25) is 0 Å². The van der Waals surface area contributed by atoms with Crippen LogP contribution in [0.3, 0.4) is 0 Å². The van der Waals surface area contributed by atoms with E-state index in [2.05, 4.69) is 15.9 Å². The molecular weight excluding hydrogens is 297 g/mol. The number of nitrogens with two attached hydrogens (primary N) is 1. The monoisotopic (exact) mass is 307 g/mol. The zero-order valence-corrected chi connectivity index (χ0v) is 10.9. The van der Waals surface area contributed by atoms with Gasteiger partial charge in [0.15, 0.2) is 0 Å². The summed E-state index contributed by atoms with van der Waals surface area (Å²) in [7, 11) is 1.48. The second-order valence-corrected chi connectivity index (χ2v) is 4.55. The maximum Gasteiger partial charge on any atom is 0.320 e. The lowest BCUT2D eigenvalue weighted by atomic mass is 10.1. The van der Waals surface area contributed by atoms with E-state index < -0.39 is 12.0 Å². The highest BCUT2D eigenvalue weighted by Crippen LogP contribution is 2.32. The zero-order chi connectivity index (χ0) is 12.3. The van der Waals surface area contributed by atoms with Gasteiger partial charge in [-0.15, -0.1) is 0 Å². The maximum absolute atomic E-state index is 10.7. The first-order valence-corrected chi connectivity index (χ1v) is 5.63. The van der Waals surface area contributed by atoms with E-state index in [1.165, 1.54) is 7.11 Å². The molecule has 4 nitrogen and oxygen atoms in total. The van der Waals surface area contributed by atoms with Crippen molar-refractivity contribution in [1.82, 2.24) is 0 Å². The topological polar surface area (TPSA) is 72.5 Å². The van der Waals surface area contributed by atoms with E-state index >= 15 is 0 Å². The Kier molecular flexibility index (Phi) is 4.58. The molecule has 0 radical (unpaired) electrons. The molecule has 0 bridgehead atoms. The number of halogens is 2. The Labute approximate surface area is 106 Å². The lowest BCUT2D eigenvalue weighted by Crippen LogP contribution is -2.32. The summed E-state index contributed by atoms with van der Waals surface area (Å²) in [4.78, 5) is 10.7. The van der Waals surface area contributed by atoms with Crippen molar-refractivity contribution in [2.75, 3.05) is 7.11 Å². The summed E-state index contributed by atoms with van der Waals surface area (Å²) < 4.78 is 5.87. The molecule has 0 aromatic heterocycles. The largest absolute Gasteiger partial charge is 0.495 e. The predicted octanol–water partition coefficient (Wildman–Crippen LogP) is 2.07. The summed E-state index contributed by atoms with van der Waals surface area (Å²) >= 11 is 9.23. The third-order valence-electron chi connectivity index (χ3n) is 2.05. The summed E-state index contributed by atoms with van der Waals surface area (Å²) in [5.74, 6) is -0.597. The third kappa shape index (κ3) is 3.10. The summed E-state index contributed by atoms with van der Waals surface area (Å²) in [5, 5.41) is 9.16. The van der Waals surface area contributed by atoms with Gasteiger partial charge in [0, 0.05) is 10.9 Å². The van der Waals surface area contributed by atoms with Crippen molar-refractivity contribution in [2.45, 2.75) is 12.5 Å². The summed E-state index contributed by atoms with van der Waals surface area (Å²) in [6, 6.07) is 2.45. The first-order valence-electron chi connectivity index (χ1n) is 4.46. The Bertz CT molecular complexity index is 411. The number of ether oxygens (including phenoxy) is 1. The molecule has 0 amide bonds. The molecule has 16 heavy (non-hydrogen) atoms. The van der Waals surface area contributed by atoms with Gasteiger partial charge < -0.3 is 15.6 Å². The Morgan fingerprint density at radius 1 is 1.69 bits per heavy atom. The minimum atomic E-state index is -1.06. The Morgan fingerprint density at radius 3 is 2.81 bits per heavy atom. The van der Waals surface area contributed by atoms with Crippen molar-refractivity contribution in [1.29, 1.82) is 0 Å². The number of aliphatic carboxylic acids is 1. The van der Waals surface area contributed by atoms with Crippen LogP contribution in [-0.4, -0.2) is 24.2 Å². The molecule has 1 unspecified atom stereocenters. The van der Waals surface area contributed by atoms with E-state index in [4.69, 9.17) is 27.2 Å². The van der Waals surface area contributed by atoms with Crippen molar-refractivity contribution in [2.24, 2.45) is 5.73 Å². The van der Waals surface area contributed by atoms with E-state index in [0.29, 0.717) is 16.3 Å². The lowest BCUT2D eigenvalue weighted by Gasteiger charge is -2.13. The fourth-order valence-corrected chi connectivity index (χ4v) is 2.27. The average molecular weight is 309 g/mol. The lowest BCUT2D eigenvalue weighted by molar-refractivity contribution is -0.138. The smallest absolute Gasteiger partial charge is 0.320 e. The average Bonchev–Trinajstić information content (AvgIpc) is 2.16. The molecule has 0 heterocycles. The van der Waals surface area contributed by atoms with Crippen LogP contribution in [0, 0.1) is 0 Å². The van der Waals surface area contributed by atoms with Gasteiger partial charge in [-0.05, 0) is 17.7 Å². The van der Waals surface area contributed by atoms with Crippen molar-refractivity contribution in [3.05, 3.63) is 27.2 Å². The van der Waals surface area contributed by atoms with E-state index in [0.717, 1.165) is 4.47 Å². The standard InChI is InChI=1S/C10H11BrClNO3/c1-16-9-5(3-8(13)10(14)15)2-6(11)4-7(9)12/h2,4,8H,3,13H2,1H3,(H,14,15). The molecule has 0 spiro atoms. The molecule has 1 atom stereocenters. The first kappa shape index (κ1) is 13.3. The minimum absolute atomic E-state index is 0.164. The molecule has 1 aromatic rings. The van der Waals surface area contributed by atoms with Crippen LogP contribution in [0.1, 0.15) is 5.56 Å². The Morgan fingerprint density at radius 2 is 2.31 bits per heavy atom. The fraction of sp³-hybridized carbons (Fsp3) is 0.300. The van der Waals surface area contributed by atoms with Crippen LogP contribution in [0.4, 0.5) is 0 Å². The van der Waals surface area contributed by atoms with Gasteiger partial charge in [-0.1, -0.05) is 27.5 Å². The van der Waals surface area contributed by atoms with Crippen molar-refractivity contribution < 1.29 is 14.6 Å². The highest BCUT2D eigenvalue weighted by atomic mass is 79.9. The van der Waals surface area contributed by atoms with Crippen LogP contribution >= 0.6 is 27.5 Å². The number of methoxy groups -OCH3 is 1. The molecule has 3 N–H and O–H groups in total. The third-order valence-corrected chi connectivity index (χ3v) is 2.79. The molecular formula is C10H11BrClNO3. The predicted molar refractivity (Wildman–Crippen MR) is 65.0 cm³/mol. The fourth-order valence-electron chi connectivity index (χ4n) is 1.32. The van der Waals surface area contributed by atoms with Gasteiger partial charge in [-0.25, -0.2) is 0 Å². The maximum atomic E-state index is 10.7. The van der Waals surface area contributed by atoms with E-state index in [9.17, 15) is 4.79 Å². The zero-order valence-electron chi connectivity index (χ0n) is 8.54. The molecule has 88 valence electrons. The van der Waals surface area contributed by atoms with Gasteiger partial charge in [0.05, 0.1) is 12.1 Å². The molecule has 0 saturated carbocycles. The van der Waals surface area contributed by atoms with E-state index in [1.807, 2.05) is 0 Å². The molecule has 0 aliphatic carbocycles. The minimum Gasteiger partial charge on any atom is -0.495 e. The second-order valence-electron chi connectivity index (χ2n) is 3.23. The number of carbonyl (C=O) groups is 1. The van der Waals surface area contributed by atoms with Gasteiger partial charge in [-0.3, -0.25) is 4.79 Å². The molecule has 0 aliphatic heterocycles. The summed E-state index contributed by atoms with van der Waals surface area (Å²) in [6.07, 6.45) is 0.164. The van der Waals surface area contributed by atoms with Gasteiger partial charge in [0.25, 0.3) is 0 Å². The number of rotatable bonds is 4. The van der Waals surface area contributed by atoms with Crippen LogP contribution in [0.15, 0.2) is 16.6 Å². The quantitative estimate of drug-likeness (QED) is 0.893. The van der Waals surface area contributed by atoms with Gasteiger partial charge in [0.1, 0.15) is 11.8 Å². The Balaban J connectivity index is 3.07. The van der Waals surface area contributed by atoms with Gasteiger partial charge >= 0.3 is 5.97 Å². The van der Waals surface area contributed by atoms with Gasteiger partial charge in [-0.2, -0.15) is 0 Å².